The maximum atomic E-state index is 12.0. The van der Waals surface area contributed by atoms with Crippen LogP contribution in [0.15, 0.2) is 21.9 Å². The zero-order valence-corrected chi connectivity index (χ0v) is 10.5. The summed E-state index contributed by atoms with van der Waals surface area (Å²) in [6.45, 7) is 1.75. The van der Waals surface area contributed by atoms with Crippen LogP contribution in [0, 0.1) is 11.3 Å². The summed E-state index contributed by atoms with van der Waals surface area (Å²) in [7, 11) is -0.328. The van der Waals surface area contributed by atoms with Crippen molar-refractivity contribution in [2.75, 3.05) is 13.7 Å². The Morgan fingerprint density at radius 1 is 1.61 bits per heavy atom. The zero-order valence-electron chi connectivity index (χ0n) is 9.64. The summed E-state index contributed by atoms with van der Waals surface area (Å²) in [5, 5.41) is 11.3. The van der Waals surface area contributed by atoms with Crippen LogP contribution in [-0.2, 0) is 25.3 Å². The molecule has 1 amide bonds. The third kappa shape index (κ3) is 1.52. The van der Waals surface area contributed by atoms with E-state index in [2.05, 4.69) is 5.32 Å². The van der Waals surface area contributed by atoms with Crippen LogP contribution in [0.4, 0.5) is 0 Å². The molecule has 0 saturated heterocycles. The summed E-state index contributed by atoms with van der Waals surface area (Å²) in [4.78, 5) is 23.1. The number of esters is 1. The predicted octanol–water partition coefficient (Wildman–Crippen LogP) is -0.722. The minimum atomic E-state index is -1.77. The van der Waals surface area contributed by atoms with Crippen LogP contribution in [-0.4, -0.2) is 34.0 Å². The number of ether oxygens (including phenoxy) is 1. The van der Waals surface area contributed by atoms with E-state index < -0.39 is 22.9 Å². The van der Waals surface area contributed by atoms with Gasteiger partial charge in [-0.2, -0.15) is 5.26 Å². The highest BCUT2D eigenvalue weighted by atomic mass is 32.2. The standard InChI is InChI=1S/C10H9N3O4S/c1-3-17-10(15)8-6-7(13(2)18(8)16)5(4-11)9(14)12-6/h3H2,1-2H3,(H,12,14). The Kier molecular flexibility index (Phi) is 2.92. The zero-order chi connectivity index (χ0) is 13.4. The van der Waals surface area contributed by atoms with Gasteiger partial charge in [0.05, 0.1) is 18.0 Å². The van der Waals surface area contributed by atoms with Crippen molar-refractivity contribution in [2.24, 2.45) is 0 Å². The number of hydrogen-bond donors (Lipinski definition) is 1. The Morgan fingerprint density at radius 2 is 2.28 bits per heavy atom. The van der Waals surface area contributed by atoms with E-state index in [1.165, 1.54) is 11.4 Å². The topological polar surface area (TPSA) is 99.5 Å². The molecular formula is C10H9N3O4S. The minimum Gasteiger partial charge on any atom is -0.462 e. The lowest BCUT2D eigenvalue weighted by molar-refractivity contribution is -0.137. The molecule has 0 spiro atoms. The van der Waals surface area contributed by atoms with Gasteiger partial charge in [0, 0.05) is 7.05 Å². The van der Waals surface area contributed by atoms with E-state index in [4.69, 9.17) is 10.00 Å². The molecule has 0 saturated carbocycles. The molecule has 8 heteroatoms. The Morgan fingerprint density at radius 3 is 2.83 bits per heavy atom. The van der Waals surface area contributed by atoms with E-state index in [1.54, 1.807) is 13.0 Å². The smallest absolute Gasteiger partial charge is 0.351 e. The van der Waals surface area contributed by atoms with Gasteiger partial charge in [0.25, 0.3) is 5.91 Å². The monoisotopic (exact) mass is 267 g/mol. The molecule has 1 unspecified atom stereocenters. The molecule has 2 aliphatic rings. The Labute approximate surface area is 105 Å². The van der Waals surface area contributed by atoms with E-state index in [-0.39, 0.29) is 28.5 Å². The summed E-state index contributed by atoms with van der Waals surface area (Å²) in [6.07, 6.45) is 0. The fourth-order valence-corrected chi connectivity index (χ4v) is 2.87. The van der Waals surface area contributed by atoms with E-state index in [9.17, 15) is 13.8 Å². The molecule has 0 fully saturated rings. The maximum absolute atomic E-state index is 12.0. The minimum absolute atomic E-state index is 0.107. The number of likely N-dealkylation sites (N-methyl/N-ethyl adjacent to an activating group) is 1. The third-order valence-electron chi connectivity index (χ3n) is 2.48. The van der Waals surface area contributed by atoms with Crippen LogP contribution in [0.5, 0.6) is 0 Å². The van der Waals surface area contributed by atoms with E-state index >= 15 is 0 Å². The van der Waals surface area contributed by atoms with Gasteiger partial charge in [0.1, 0.15) is 11.6 Å². The number of carbonyl (C=O) groups is 2. The average Bonchev–Trinajstić information content (AvgIpc) is 2.75. The summed E-state index contributed by atoms with van der Waals surface area (Å²) in [5.41, 5.74) is 0.139. The van der Waals surface area contributed by atoms with Gasteiger partial charge in [-0.05, 0) is 6.92 Å². The summed E-state index contributed by atoms with van der Waals surface area (Å²) < 4.78 is 18.0. The molecule has 7 nitrogen and oxygen atoms in total. The third-order valence-corrected chi connectivity index (χ3v) is 3.88. The Balaban J connectivity index is 2.58. The van der Waals surface area contributed by atoms with Crippen molar-refractivity contribution in [1.29, 1.82) is 5.26 Å². The molecule has 0 radical (unpaired) electrons. The maximum Gasteiger partial charge on any atom is 0.351 e. The molecule has 2 aliphatic heterocycles. The molecular weight excluding hydrogens is 258 g/mol. The summed E-state index contributed by atoms with van der Waals surface area (Å²) in [5.74, 6) is -1.36. The second kappa shape index (κ2) is 4.27. The molecule has 1 N–H and O–H groups in total. The summed E-state index contributed by atoms with van der Waals surface area (Å²) >= 11 is 0. The van der Waals surface area contributed by atoms with Crippen molar-refractivity contribution < 1.29 is 18.5 Å². The first-order valence-electron chi connectivity index (χ1n) is 5.06. The number of carbonyl (C=O) groups excluding carboxylic acids is 2. The average molecular weight is 267 g/mol. The van der Waals surface area contributed by atoms with Crippen molar-refractivity contribution in [2.45, 2.75) is 6.92 Å². The van der Waals surface area contributed by atoms with Gasteiger partial charge in [-0.1, -0.05) is 0 Å². The molecule has 1 atom stereocenters. The van der Waals surface area contributed by atoms with Crippen molar-refractivity contribution >= 4 is 22.9 Å². The second-order valence-corrected chi connectivity index (χ2v) is 4.92. The highest BCUT2D eigenvalue weighted by Crippen LogP contribution is 2.35. The first-order valence-corrected chi connectivity index (χ1v) is 6.16. The molecule has 2 heterocycles. The first kappa shape index (κ1) is 12.3. The molecule has 94 valence electrons. The van der Waals surface area contributed by atoms with Crippen molar-refractivity contribution in [3.05, 3.63) is 21.9 Å². The Hall–Kier alpha value is -2.14. The molecule has 2 rings (SSSR count). The van der Waals surface area contributed by atoms with Gasteiger partial charge in [-0.15, -0.1) is 0 Å². The van der Waals surface area contributed by atoms with Gasteiger partial charge in [0.2, 0.25) is 0 Å². The number of fused-ring (bicyclic) bond motifs is 1. The van der Waals surface area contributed by atoms with E-state index in [0.717, 1.165) is 0 Å². The quantitative estimate of drug-likeness (QED) is 0.665. The highest BCUT2D eigenvalue weighted by Gasteiger charge is 2.44. The lowest BCUT2D eigenvalue weighted by atomic mass is 10.2. The largest absolute Gasteiger partial charge is 0.462 e. The number of nitrogens with zero attached hydrogens (tertiary/aromatic N) is 2. The van der Waals surface area contributed by atoms with E-state index in [1.807, 2.05) is 0 Å². The van der Waals surface area contributed by atoms with Crippen molar-refractivity contribution in [1.82, 2.24) is 9.62 Å². The van der Waals surface area contributed by atoms with Gasteiger partial charge in [0.15, 0.2) is 15.9 Å². The number of rotatable bonds is 2. The Bertz CT molecular complexity index is 584. The summed E-state index contributed by atoms with van der Waals surface area (Å²) in [6, 6.07) is 1.73. The molecule has 0 aromatic heterocycles. The van der Waals surface area contributed by atoms with Crippen LogP contribution in [0.25, 0.3) is 0 Å². The fraction of sp³-hybridized carbons (Fsp3) is 0.300. The molecule has 0 aliphatic carbocycles. The van der Waals surface area contributed by atoms with E-state index in [0.29, 0.717) is 0 Å². The van der Waals surface area contributed by atoms with Crippen molar-refractivity contribution in [3.63, 3.8) is 0 Å². The highest BCUT2D eigenvalue weighted by molar-refractivity contribution is 7.88. The fourth-order valence-electron chi connectivity index (χ4n) is 1.73. The van der Waals surface area contributed by atoms with Crippen LogP contribution < -0.4 is 5.32 Å². The van der Waals surface area contributed by atoms with Crippen LogP contribution in [0.1, 0.15) is 6.92 Å². The second-order valence-electron chi connectivity index (χ2n) is 3.46. The van der Waals surface area contributed by atoms with Gasteiger partial charge < -0.3 is 10.1 Å². The number of nitriles is 1. The molecule has 18 heavy (non-hydrogen) atoms. The lowest BCUT2D eigenvalue weighted by Crippen LogP contribution is -2.22. The number of hydrogen-bond acceptors (Lipinski definition) is 5. The molecule has 0 bridgehead atoms. The normalized spacial score (nSPS) is 21.9. The molecule has 0 aromatic carbocycles. The van der Waals surface area contributed by atoms with Gasteiger partial charge in [-0.25, -0.2) is 9.00 Å². The SMILES string of the molecule is CCOC(=O)C1=C2NC(=O)C(C#N)=C2N(C)S1=O. The van der Waals surface area contributed by atoms with Gasteiger partial charge in [-0.3, -0.25) is 9.10 Å². The van der Waals surface area contributed by atoms with Gasteiger partial charge >= 0.3 is 5.97 Å². The van der Waals surface area contributed by atoms with Crippen molar-refractivity contribution in [3.8, 4) is 6.07 Å². The predicted molar refractivity (Wildman–Crippen MR) is 60.3 cm³/mol. The molecule has 0 aromatic rings. The van der Waals surface area contributed by atoms with Crippen LogP contribution >= 0.6 is 0 Å². The van der Waals surface area contributed by atoms with Crippen LogP contribution in [0.3, 0.4) is 0 Å². The number of nitrogens with one attached hydrogen (secondary N) is 1. The van der Waals surface area contributed by atoms with Crippen LogP contribution in [0.2, 0.25) is 0 Å². The first-order chi connectivity index (χ1) is 8.52. The lowest BCUT2D eigenvalue weighted by Gasteiger charge is -2.10. The number of amides is 1.